The SMILES string of the molecule is CCCCOCC(O)CNC(C)C(N)=O. The molecule has 0 radical (unpaired) electrons. The lowest BCUT2D eigenvalue weighted by molar-refractivity contribution is -0.119. The number of ether oxygens (including phenoxy) is 1. The zero-order chi connectivity index (χ0) is 11.7. The van der Waals surface area contributed by atoms with E-state index in [9.17, 15) is 9.90 Å². The highest BCUT2D eigenvalue weighted by Gasteiger charge is 2.10. The predicted molar refractivity (Wildman–Crippen MR) is 58.4 cm³/mol. The van der Waals surface area contributed by atoms with Crippen molar-refractivity contribution >= 4 is 5.91 Å². The van der Waals surface area contributed by atoms with Crippen molar-refractivity contribution in [2.45, 2.75) is 38.8 Å². The van der Waals surface area contributed by atoms with Crippen molar-refractivity contribution in [2.75, 3.05) is 19.8 Å². The van der Waals surface area contributed by atoms with Gasteiger partial charge in [0.2, 0.25) is 5.91 Å². The summed E-state index contributed by atoms with van der Waals surface area (Å²) < 4.78 is 5.22. The third kappa shape index (κ3) is 8.35. The zero-order valence-corrected chi connectivity index (χ0v) is 9.53. The van der Waals surface area contributed by atoms with Gasteiger partial charge in [0.25, 0.3) is 0 Å². The number of hydrogen-bond acceptors (Lipinski definition) is 4. The van der Waals surface area contributed by atoms with Gasteiger partial charge in [-0.2, -0.15) is 0 Å². The van der Waals surface area contributed by atoms with Crippen molar-refractivity contribution in [1.29, 1.82) is 0 Å². The fourth-order valence-corrected chi connectivity index (χ4v) is 0.938. The summed E-state index contributed by atoms with van der Waals surface area (Å²) >= 11 is 0. The van der Waals surface area contributed by atoms with Crippen LogP contribution >= 0.6 is 0 Å². The molecule has 0 aromatic heterocycles. The van der Waals surface area contributed by atoms with Crippen molar-refractivity contribution in [3.05, 3.63) is 0 Å². The van der Waals surface area contributed by atoms with E-state index in [1.807, 2.05) is 0 Å². The van der Waals surface area contributed by atoms with Crippen LogP contribution in [0.3, 0.4) is 0 Å². The summed E-state index contributed by atoms with van der Waals surface area (Å²) in [6.07, 6.45) is 1.48. The van der Waals surface area contributed by atoms with E-state index in [0.717, 1.165) is 12.8 Å². The fraction of sp³-hybridized carbons (Fsp3) is 0.900. The zero-order valence-electron chi connectivity index (χ0n) is 9.53. The van der Waals surface area contributed by atoms with E-state index >= 15 is 0 Å². The Bertz CT molecular complexity index is 176. The maximum absolute atomic E-state index is 10.7. The van der Waals surface area contributed by atoms with Gasteiger partial charge in [0.15, 0.2) is 0 Å². The molecule has 2 unspecified atom stereocenters. The third-order valence-electron chi connectivity index (χ3n) is 2.04. The van der Waals surface area contributed by atoms with Crippen LogP contribution in [0.5, 0.6) is 0 Å². The normalized spacial score (nSPS) is 14.9. The molecular weight excluding hydrogens is 196 g/mol. The van der Waals surface area contributed by atoms with E-state index in [0.29, 0.717) is 19.8 Å². The highest BCUT2D eigenvalue weighted by atomic mass is 16.5. The average molecular weight is 218 g/mol. The molecule has 0 saturated carbocycles. The molecule has 1 amide bonds. The summed E-state index contributed by atoms with van der Waals surface area (Å²) in [5, 5.41) is 12.3. The van der Waals surface area contributed by atoms with Crippen LogP contribution in [-0.2, 0) is 9.53 Å². The van der Waals surface area contributed by atoms with Crippen LogP contribution < -0.4 is 11.1 Å². The highest BCUT2D eigenvalue weighted by molar-refractivity contribution is 5.79. The number of hydrogen-bond donors (Lipinski definition) is 3. The van der Waals surface area contributed by atoms with E-state index in [-0.39, 0.29) is 0 Å². The molecule has 0 fully saturated rings. The smallest absolute Gasteiger partial charge is 0.234 e. The maximum Gasteiger partial charge on any atom is 0.234 e. The fourth-order valence-electron chi connectivity index (χ4n) is 0.938. The topological polar surface area (TPSA) is 84.6 Å². The molecule has 0 aromatic carbocycles. The minimum atomic E-state index is -0.594. The summed E-state index contributed by atoms with van der Waals surface area (Å²) in [5.41, 5.74) is 5.05. The molecule has 0 aliphatic carbocycles. The van der Waals surface area contributed by atoms with Crippen LogP contribution in [0.1, 0.15) is 26.7 Å². The van der Waals surface area contributed by atoms with Gasteiger partial charge in [0.1, 0.15) is 0 Å². The number of amides is 1. The van der Waals surface area contributed by atoms with Gasteiger partial charge < -0.3 is 20.9 Å². The van der Waals surface area contributed by atoms with Crippen molar-refractivity contribution in [3.63, 3.8) is 0 Å². The second-order valence-corrected chi connectivity index (χ2v) is 3.61. The van der Waals surface area contributed by atoms with E-state index in [1.165, 1.54) is 0 Å². The molecule has 4 N–H and O–H groups in total. The molecule has 15 heavy (non-hydrogen) atoms. The Balaban J connectivity index is 3.40. The first-order valence-electron chi connectivity index (χ1n) is 5.36. The lowest BCUT2D eigenvalue weighted by atomic mass is 10.3. The third-order valence-corrected chi connectivity index (χ3v) is 2.04. The summed E-state index contributed by atoms with van der Waals surface area (Å²) in [4.78, 5) is 10.7. The Morgan fingerprint density at radius 1 is 1.60 bits per heavy atom. The van der Waals surface area contributed by atoms with Gasteiger partial charge in [-0.05, 0) is 13.3 Å². The quantitative estimate of drug-likeness (QED) is 0.461. The first-order valence-corrected chi connectivity index (χ1v) is 5.36. The van der Waals surface area contributed by atoms with E-state index < -0.39 is 18.1 Å². The van der Waals surface area contributed by atoms with E-state index in [4.69, 9.17) is 10.5 Å². The maximum atomic E-state index is 10.7. The molecule has 5 heteroatoms. The lowest BCUT2D eigenvalue weighted by Crippen LogP contribution is -2.43. The number of carbonyl (C=O) groups excluding carboxylic acids is 1. The molecule has 2 atom stereocenters. The Morgan fingerprint density at radius 2 is 2.27 bits per heavy atom. The Hall–Kier alpha value is -0.650. The van der Waals surface area contributed by atoms with Crippen LogP contribution in [0.25, 0.3) is 0 Å². The second kappa shape index (κ2) is 8.64. The van der Waals surface area contributed by atoms with Gasteiger partial charge in [-0.25, -0.2) is 0 Å². The molecule has 0 rings (SSSR count). The monoisotopic (exact) mass is 218 g/mol. The first-order chi connectivity index (χ1) is 7.07. The van der Waals surface area contributed by atoms with Crippen LogP contribution in [-0.4, -0.2) is 42.9 Å². The number of aliphatic hydroxyl groups excluding tert-OH is 1. The van der Waals surface area contributed by atoms with Gasteiger partial charge in [-0.1, -0.05) is 13.3 Å². The number of rotatable bonds is 9. The molecule has 0 saturated heterocycles. The van der Waals surface area contributed by atoms with E-state index in [2.05, 4.69) is 12.2 Å². The highest BCUT2D eigenvalue weighted by Crippen LogP contribution is 1.91. The molecule has 0 bridgehead atoms. The van der Waals surface area contributed by atoms with Crippen molar-refractivity contribution in [3.8, 4) is 0 Å². The van der Waals surface area contributed by atoms with Crippen LogP contribution in [0.15, 0.2) is 0 Å². The average Bonchev–Trinajstić information content (AvgIpc) is 2.20. The number of unbranched alkanes of at least 4 members (excludes halogenated alkanes) is 1. The number of primary amides is 1. The molecule has 0 heterocycles. The summed E-state index contributed by atoms with van der Waals surface area (Å²) in [6.45, 7) is 5.01. The predicted octanol–water partition coefficient (Wildman–Crippen LogP) is -0.373. The number of nitrogens with two attached hydrogens (primary N) is 1. The Kier molecular flexibility index (Phi) is 8.27. The number of carbonyl (C=O) groups is 1. The molecule has 0 aliphatic rings. The molecule has 0 aromatic rings. The molecule has 0 spiro atoms. The first kappa shape index (κ1) is 14.3. The van der Waals surface area contributed by atoms with Crippen molar-refractivity contribution in [2.24, 2.45) is 5.73 Å². The molecule has 90 valence electrons. The summed E-state index contributed by atoms with van der Waals surface area (Å²) in [6, 6.07) is -0.421. The van der Waals surface area contributed by atoms with Gasteiger partial charge in [0.05, 0.1) is 18.8 Å². The van der Waals surface area contributed by atoms with Gasteiger partial charge in [-0.15, -0.1) is 0 Å². The molecular formula is C10H22N2O3. The minimum absolute atomic E-state index is 0.290. The Labute approximate surface area is 91.0 Å². The van der Waals surface area contributed by atoms with Crippen molar-refractivity contribution < 1.29 is 14.6 Å². The summed E-state index contributed by atoms with van der Waals surface area (Å²) in [7, 11) is 0. The van der Waals surface area contributed by atoms with Crippen LogP contribution in [0.2, 0.25) is 0 Å². The van der Waals surface area contributed by atoms with Crippen molar-refractivity contribution in [1.82, 2.24) is 5.32 Å². The lowest BCUT2D eigenvalue weighted by Gasteiger charge is -2.14. The van der Waals surface area contributed by atoms with Gasteiger partial charge in [-0.3, -0.25) is 4.79 Å². The number of aliphatic hydroxyl groups is 1. The largest absolute Gasteiger partial charge is 0.389 e. The second-order valence-electron chi connectivity index (χ2n) is 3.61. The van der Waals surface area contributed by atoms with Gasteiger partial charge in [0, 0.05) is 13.2 Å². The molecule has 5 nitrogen and oxygen atoms in total. The minimum Gasteiger partial charge on any atom is -0.389 e. The molecule has 0 aliphatic heterocycles. The standard InChI is InChI=1S/C10H22N2O3/c1-3-4-5-15-7-9(13)6-12-8(2)10(11)14/h8-9,12-13H,3-7H2,1-2H3,(H2,11,14). The van der Waals surface area contributed by atoms with Gasteiger partial charge >= 0.3 is 0 Å². The summed E-state index contributed by atoms with van der Waals surface area (Å²) in [5.74, 6) is -0.422. The van der Waals surface area contributed by atoms with Crippen LogP contribution in [0, 0.1) is 0 Å². The van der Waals surface area contributed by atoms with Crippen LogP contribution in [0.4, 0.5) is 0 Å². The number of nitrogens with one attached hydrogen (secondary N) is 1. The van der Waals surface area contributed by atoms with E-state index in [1.54, 1.807) is 6.92 Å². The Morgan fingerprint density at radius 3 is 2.80 bits per heavy atom.